The summed E-state index contributed by atoms with van der Waals surface area (Å²) in [5.74, 6) is -9.64. The number of carbonyl (C=O) groups is 9. The van der Waals surface area contributed by atoms with Crippen LogP contribution in [0.3, 0.4) is 0 Å². The molecule has 84 heavy (non-hydrogen) atoms. The Labute approximate surface area is 484 Å². The maximum Gasteiger partial charge on any atom is 0.326 e. The summed E-state index contributed by atoms with van der Waals surface area (Å²) in [6.45, 7) is 6.90. The highest BCUT2D eigenvalue weighted by atomic mass is 16.4. The van der Waals surface area contributed by atoms with Gasteiger partial charge in [0.1, 0.15) is 48.0 Å². The van der Waals surface area contributed by atoms with E-state index in [4.69, 9.17) is 17.2 Å². The normalized spacial score (nSPS) is 15.7. The van der Waals surface area contributed by atoms with E-state index in [0.29, 0.717) is 29.7 Å². The first-order chi connectivity index (χ1) is 40.0. The number of H-pyrrole nitrogens is 1. The molecule has 0 aliphatic carbocycles. The van der Waals surface area contributed by atoms with E-state index in [1.807, 2.05) is 18.3 Å². The average Bonchev–Trinajstić information content (AvgIpc) is 3.90. The fourth-order valence-corrected chi connectivity index (χ4v) is 9.08. The molecular weight excluding hydrogens is 1090 g/mol. The van der Waals surface area contributed by atoms with E-state index in [9.17, 15) is 58.5 Å². The number of aromatic amines is 1. The summed E-state index contributed by atoms with van der Waals surface area (Å²) in [5.41, 5.74) is 19.1. The van der Waals surface area contributed by atoms with Gasteiger partial charge < -0.3 is 74.3 Å². The SMILES string of the molecule is CC[C@H](C)[C@H](NC(=O)[C@H](Cc1ccc(O)cc1)NC(=O)[C@@H](NC(=O)[C@H](CCCN=C(N)N)NC(=O)[C@@H](N)CC(=O)O)C(C)C)C(=O)N[C@@H](Cc1cnc[nH]1)C(=O)N1CCC[C@H]1C(=O)N[C@@H](Cc1ccccc1)C(=O)O.c1cnn2ccnc2c1. The fourth-order valence-electron chi connectivity index (χ4n) is 9.08. The maximum atomic E-state index is 14.6. The first-order valence-electron chi connectivity index (χ1n) is 27.5. The number of benzene rings is 2. The van der Waals surface area contributed by atoms with Crippen LogP contribution in [0.2, 0.25) is 0 Å². The molecule has 2 aromatic carbocycles. The van der Waals surface area contributed by atoms with E-state index in [2.05, 4.69) is 56.9 Å². The van der Waals surface area contributed by atoms with Crippen LogP contribution in [0.4, 0.5) is 0 Å². The molecule has 5 aromatic rings. The largest absolute Gasteiger partial charge is 0.508 e. The average molecular weight is 1170 g/mol. The third kappa shape index (κ3) is 20.2. The van der Waals surface area contributed by atoms with Crippen molar-refractivity contribution < 1.29 is 58.5 Å². The fraction of sp³-hybridized carbons (Fsp3) is 0.446. The minimum absolute atomic E-state index is 0.00211. The van der Waals surface area contributed by atoms with Crippen molar-refractivity contribution in [2.45, 2.75) is 134 Å². The Balaban J connectivity index is 0.00000129. The van der Waals surface area contributed by atoms with Crippen LogP contribution >= 0.6 is 0 Å². The molecule has 1 aliphatic rings. The van der Waals surface area contributed by atoms with Gasteiger partial charge in [0.25, 0.3) is 0 Å². The summed E-state index contributed by atoms with van der Waals surface area (Å²) in [6, 6.07) is 7.73. The van der Waals surface area contributed by atoms with Crippen LogP contribution in [0, 0.1) is 11.8 Å². The zero-order valence-electron chi connectivity index (χ0n) is 47.2. The lowest BCUT2D eigenvalue weighted by atomic mass is 9.96. The standard InChI is InChI=1S/C50H71N13O12.C6H5N3/c1-5-28(4)41(47(72)59-36(23-31-25-54-26-56-31)48(73)63-20-10-14-38(63)45(70)60-37(49(74)75)22-29-11-7-6-8-12-29)62-44(69)35(21-30-15-17-32(64)18-16-30)58-46(71)40(27(2)3)61-43(68)34(13-9-19-55-50(52)53)57-42(67)33(51)24-39(65)66;1-2-6-7-4-5-9(6)8-3-1/h6-8,11-12,15-18,25-28,33-38,40-41,64H,5,9-10,13-14,19-24,51H2,1-4H3,(H,54,56)(H,57,67)(H,58,71)(H,59,72)(H,60,70)(H,61,68)(H,62,69)(H,65,66)(H,74,75)(H4,52,53,55);1-5H/t28-,33-,34-,35-,36-,37-,38-,40-,41-;/m0./s1. The molecule has 6 rings (SSSR count). The van der Waals surface area contributed by atoms with Crippen molar-refractivity contribution in [1.82, 2.24) is 61.4 Å². The number of nitrogens with two attached hydrogens (primary N) is 3. The molecule has 0 unspecified atom stereocenters. The number of carbonyl (C=O) groups excluding carboxylic acids is 7. The molecule has 452 valence electrons. The van der Waals surface area contributed by atoms with E-state index < -0.39 is 120 Å². The van der Waals surface area contributed by atoms with Crippen molar-refractivity contribution in [3.05, 3.63) is 115 Å². The number of hydrogen-bond acceptors (Lipinski definition) is 15. The maximum absolute atomic E-state index is 14.6. The monoisotopic (exact) mass is 1160 g/mol. The van der Waals surface area contributed by atoms with E-state index in [0.717, 1.165) is 5.65 Å². The quantitative estimate of drug-likeness (QED) is 0.0162. The van der Waals surface area contributed by atoms with Gasteiger partial charge in [-0.3, -0.25) is 43.3 Å². The number of imidazole rings is 2. The highest BCUT2D eigenvalue weighted by molar-refractivity contribution is 5.98. The Bertz CT molecular complexity index is 3000. The van der Waals surface area contributed by atoms with Crippen molar-refractivity contribution in [1.29, 1.82) is 0 Å². The number of nitrogens with one attached hydrogen (secondary N) is 7. The number of aromatic nitrogens is 5. The zero-order valence-corrected chi connectivity index (χ0v) is 47.2. The van der Waals surface area contributed by atoms with Crippen molar-refractivity contribution in [2.75, 3.05) is 13.1 Å². The number of phenols is 1. The van der Waals surface area contributed by atoms with Crippen LogP contribution in [-0.4, -0.2) is 165 Å². The van der Waals surface area contributed by atoms with Crippen LogP contribution in [0.1, 0.15) is 83.0 Å². The molecule has 0 saturated carbocycles. The van der Waals surface area contributed by atoms with Gasteiger partial charge in [0.15, 0.2) is 11.6 Å². The number of aliphatic imine (C=N–C) groups is 1. The number of carboxylic acids is 2. The lowest BCUT2D eigenvalue weighted by molar-refractivity contribution is -0.145. The Morgan fingerprint density at radius 2 is 1.38 bits per heavy atom. The highest BCUT2D eigenvalue weighted by Gasteiger charge is 2.41. The second kappa shape index (κ2) is 32.2. The molecule has 3 aromatic heterocycles. The minimum Gasteiger partial charge on any atom is -0.508 e. The van der Waals surface area contributed by atoms with Gasteiger partial charge in [-0.05, 0) is 72.9 Å². The number of hydrogen-bond donors (Lipinski definition) is 13. The third-order valence-corrected chi connectivity index (χ3v) is 13.9. The topological polar surface area (TPSA) is 439 Å². The Morgan fingerprint density at radius 3 is 2.01 bits per heavy atom. The van der Waals surface area contributed by atoms with Gasteiger partial charge in [0, 0.05) is 62.8 Å². The molecule has 7 amide bonds. The predicted octanol–water partition coefficient (Wildman–Crippen LogP) is -0.585. The second-order valence-electron chi connectivity index (χ2n) is 20.6. The number of guanidine groups is 1. The summed E-state index contributed by atoms with van der Waals surface area (Å²) in [7, 11) is 0. The molecule has 1 saturated heterocycles. The van der Waals surface area contributed by atoms with Gasteiger partial charge in [-0.1, -0.05) is 76.6 Å². The second-order valence-corrected chi connectivity index (χ2v) is 20.6. The number of aliphatic carboxylic acids is 2. The van der Waals surface area contributed by atoms with Crippen LogP contribution in [0.15, 0.2) is 103 Å². The van der Waals surface area contributed by atoms with Crippen molar-refractivity contribution in [3.8, 4) is 5.75 Å². The van der Waals surface area contributed by atoms with Crippen molar-refractivity contribution in [3.63, 3.8) is 0 Å². The summed E-state index contributed by atoms with van der Waals surface area (Å²) < 4.78 is 1.72. The van der Waals surface area contributed by atoms with Gasteiger partial charge in [-0.15, -0.1) is 0 Å². The third-order valence-electron chi connectivity index (χ3n) is 13.9. The number of nitrogens with zero attached hydrogens (tertiary/aromatic N) is 6. The lowest BCUT2D eigenvalue weighted by Gasteiger charge is -2.32. The molecule has 28 heteroatoms. The Morgan fingerprint density at radius 1 is 0.738 bits per heavy atom. The number of rotatable bonds is 29. The molecule has 0 radical (unpaired) electrons. The number of likely N-dealkylation sites (tertiary alicyclic amines) is 1. The number of aromatic hydroxyl groups is 1. The number of amides is 7. The Hall–Kier alpha value is -9.47. The molecule has 4 heterocycles. The number of fused-ring (bicyclic) bond motifs is 1. The molecule has 1 fully saturated rings. The van der Waals surface area contributed by atoms with Gasteiger partial charge in [-0.25, -0.2) is 19.3 Å². The highest BCUT2D eigenvalue weighted by Crippen LogP contribution is 2.21. The molecule has 1 aliphatic heterocycles. The van der Waals surface area contributed by atoms with E-state index in [1.165, 1.54) is 41.7 Å². The molecular formula is C56H76N16O12. The van der Waals surface area contributed by atoms with Crippen LogP contribution in [-0.2, 0) is 62.4 Å². The van der Waals surface area contributed by atoms with Crippen LogP contribution in [0.5, 0.6) is 5.75 Å². The van der Waals surface area contributed by atoms with Crippen molar-refractivity contribution >= 4 is 64.9 Å². The summed E-state index contributed by atoms with van der Waals surface area (Å²) >= 11 is 0. The minimum atomic E-state index is -1.51. The number of carboxylic acid groups (broad SMARTS) is 2. The summed E-state index contributed by atoms with van der Waals surface area (Å²) in [4.78, 5) is 138. The molecule has 0 spiro atoms. The van der Waals surface area contributed by atoms with Gasteiger partial charge >= 0.3 is 11.9 Å². The summed E-state index contributed by atoms with van der Waals surface area (Å²) in [6.07, 6.45) is 8.19. The summed E-state index contributed by atoms with van der Waals surface area (Å²) in [5, 5.41) is 49.1. The van der Waals surface area contributed by atoms with Gasteiger partial charge in [0.2, 0.25) is 41.4 Å². The molecule has 0 bridgehead atoms. The Kier molecular flexibility index (Phi) is 25.1. The number of phenolic OH excluding ortho intramolecular Hbond substituents is 1. The molecule has 28 nitrogen and oxygen atoms in total. The van der Waals surface area contributed by atoms with Gasteiger partial charge in [0.05, 0.1) is 18.8 Å². The van der Waals surface area contributed by atoms with Crippen molar-refractivity contribution in [2.24, 2.45) is 34.0 Å². The van der Waals surface area contributed by atoms with E-state index >= 15 is 0 Å². The predicted molar refractivity (Wildman–Crippen MR) is 306 cm³/mol. The molecule has 9 atom stereocenters. The van der Waals surface area contributed by atoms with Gasteiger partial charge in [-0.2, -0.15) is 5.10 Å². The molecule has 16 N–H and O–H groups in total. The lowest BCUT2D eigenvalue weighted by Crippen LogP contribution is -2.62. The van der Waals surface area contributed by atoms with E-state index in [1.54, 1.807) is 74.9 Å². The van der Waals surface area contributed by atoms with Crippen LogP contribution in [0.25, 0.3) is 5.65 Å². The smallest absolute Gasteiger partial charge is 0.326 e. The first kappa shape index (κ1) is 65.3. The van der Waals surface area contributed by atoms with E-state index in [-0.39, 0.29) is 63.3 Å². The van der Waals surface area contributed by atoms with Crippen LogP contribution < -0.4 is 49.1 Å². The first-order valence-corrected chi connectivity index (χ1v) is 27.5. The zero-order chi connectivity index (χ0) is 61.5.